The number of urea groups is 1. The molecule has 2 amide bonds. The summed E-state index contributed by atoms with van der Waals surface area (Å²) in [6.45, 7) is 5.17. The summed E-state index contributed by atoms with van der Waals surface area (Å²) >= 11 is 0. The standard InChI is InChI=1S/C24H26N8O2/c1-3-16-12-21(29-24(33)27-18-14-34-15-18)28-22-20(16)13-25-23(30-22)26-17-4-6-19(7-5-17)32-10-8-31(2)9-11-32/h1,4-7,12-13,18H,8-11,14-15H2,2H3,(H3,25,26,27,28,29,30,33). The molecule has 0 aliphatic carbocycles. The van der Waals surface area contributed by atoms with Crippen molar-refractivity contribution in [2.24, 2.45) is 0 Å². The van der Waals surface area contributed by atoms with Gasteiger partial charge in [0.1, 0.15) is 5.82 Å². The van der Waals surface area contributed by atoms with Crippen molar-refractivity contribution in [2.45, 2.75) is 6.04 Å². The summed E-state index contributed by atoms with van der Waals surface area (Å²) in [6, 6.07) is 9.48. The quantitative estimate of drug-likeness (QED) is 0.499. The summed E-state index contributed by atoms with van der Waals surface area (Å²) in [4.78, 5) is 30.3. The van der Waals surface area contributed by atoms with Gasteiger partial charge in [0.25, 0.3) is 0 Å². The highest BCUT2D eigenvalue weighted by Gasteiger charge is 2.21. The fourth-order valence-electron chi connectivity index (χ4n) is 3.86. The number of likely N-dealkylation sites (N-methyl/N-ethyl adjacent to an activating group) is 1. The smallest absolute Gasteiger partial charge is 0.320 e. The number of rotatable bonds is 5. The Labute approximate surface area is 197 Å². The monoisotopic (exact) mass is 458 g/mol. The molecule has 2 fully saturated rings. The van der Waals surface area contributed by atoms with E-state index < -0.39 is 0 Å². The van der Waals surface area contributed by atoms with E-state index in [-0.39, 0.29) is 12.1 Å². The molecule has 0 bridgehead atoms. The number of anilines is 4. The number of carbonyl (C=O) groups is 1. The van der Waals surface area contributed by atoms with Gasteiger partial charge in [-0.25, -0.2) is 14.8 Å². The number of hydrogen-bond donors (Lipinski definition) is 3. The second-order valence-corrected chi connectivity index (χ2v) is 8.43. The highest BCUT2D eigenvalue weighted by molar-refractivity contribution is 5.91. The van der Waals surface area contributed by atoms with E-state index in [0.29, 0.717) is 41.6 Å². The summed E-state index contributed by atoms with van der Waals surface area (Å²) in [5, 5.41) is 9.38. The average molecular weight is 459 g/mol. The van der Waals surface area contributed by atoms with Gasteiger partial charge in [-0.1, -0.05) is 5.92 Å². The minimum absolute atomic E-state index is 0.00771. The number of nitrogens with one attached hydrogen (secondary N) is 3. The van der Waals surface area contributed by atoms with Crippen LogP contribution in [0.1, 0.15) is 5.56 Å². The molecule has 10 heteroatoms. The van der Waals surface area contributed by atoms with Gasteiger partial charge in [-0.05, 0) is 37.4 Å². The average Bonchev–Trinajstić information content (AvgIpc) is 2.82. The summed E-state index contributed by atoms with van der Waals surface area (Å²) in [5.74, 6) is 3.33. The first-order valence-electron chi connectivity index (χ1n) is 11.2. The second kappa shape index (κ2) is 9.51. The number of amides is 2. The minimum atomic E-state index is -0.365. The van der Waals surface area contributed by atoms with Crippen LogP contribution in [-0.2, 0) is 4.74 Å². The van der Waals surface area contributed by atoms with Crippen LogP contribution in [0.3, 0.4) is 0 Å². The lowest BCUT2D eigenvalue weighted by Crippen LogP contribution is -2.50. The molecule has 0 saturated carbocycles. The summed E-state index contributed by atoms with van der Waals surface area (Å²) in [7, 11) is 2.15. The van der Waals surface area contributed by atoms with Crippen LogP contribution in [-0.4, -0.2) is 78.4 Å². The largest absolute Gasteiger partial charge is 0.377 e. The number of carbonyl (C=O) groups excluding carboxylic acids is 1. The Morgan fingerprint density at radius 2 is 1.91 bits per heavy atom. The molecule has 0 radical (unpaired) electrons. The molecule has 0 unspecified atom stereocenters. The Kier molecular flexibility index (Phi) is 6.12. The van der Waals surface area contributed by atoms with Crippen LogP contribution in [0.25, 0.3) is 11.0 Å². The van der Waals surface area contributed by atoms with Crippen molar-refractivity contribution in [3.05, 3.63) is 42.1 Å². The number of terminal acetylenes is 1. The number of benzene rings is 1. The third-order valence-corrected chi connectivity index (χ3v) is 5.93. The number of fused-ring (bicyclic) bond motifs is 1. The number of aromatic nitrogens is 3. The van der Waals surface area contributed by atoms with Gasteiger partial charge in [-0.15, -0.1) is 6.42 Å². The minimum Gasteiger partial charge on any atom is -0.377 e. The van der Waals surface area contributed by atoms with Crippen molar-refractivity contribution >= 4 is 40.2 Å². The van der Waals surface area contributed by atoms with Crippen LogP contribution in [0.2, 0.25) is 0 Å². The lowest BCUT2D eigenvalue weighted by molar-refractivity contribution is 0.000731. The van der Waals surface area contributed by atoms with Crippen LogP contribution in [0.15, 0.2) is 36.5 Å². The van der Waals surface area contributed by atoms with Gasteiger partial charge < -0.3 is 25.2 Å². The van der Waals surface area contributed by atoms with E-state index in [2.05, 4.69) is 65.8 Å². The molecular formula is C24H26N8O2. The lowest BCUT2D eigenvalue weighted by atomic mass is 10.2. The molecule has 34 heavy (non-hydrogen) atoms. The number of nitrogens with zero attached hydrogens (tertiary/aromatic N) is 5. The molecule has 0 atom stereocenters. The molecule has 4 heterocycles. The predicted octanol–water partition coefficient (Wildman–Crippen LogP) is 2.02. The van der Waals surface area contributed by atoms with Crippen molar-refractivity contribution in [1.29, 1.82) is 0 Å². The molecule has 3 aromatic rings. The number of hydrogen-bond acceptors (Lipinski definition) is 8. The van der Waals surface area contributed by atoms with Crippen molar-refractivity contribution in [1.82, 2.24) is 25.2 Å². The maximum absolute atomic E-state index is 12.2. The van der Waals surface area contributed by atoms with Crippen molar-refractivity contribution < 1.29 is 9.53 Å². The molecule has 5 rings (SSSR count). The van der Waals surface area contributed by atoms with E-state index in [0.717, 1.165) is 31.9 Å². The van der Waals surface area contributed by atoms with E-state index in [1.54, 1.807) is 12.3 Å². The van der Waals surface area contributed by atoms with E-state index in [4.69, 9.17) is 11.2 Å². The zero-order chi connectivity index (χ0) is 23.5. The fraction of sp³-hybridized carbons (Fsp3) is 0.333. The van der Waals surface area contributed by atoms with Gasteiger partial charge in [-0.2, -0.15) is 4.98 Å². The predicted molar refractivity (Wildman–Crippen MR) is 131 cm³/mol. The van der Waals surface area contributed by atoms with Gasteiger partial charge in [0.15, 0.2) is 5.65 Å². The van der Waals surface area contributed by atoms with Crippen molar-refractivity contribution in [3.8, 4) is 12.3 Å². The zero-order valence-corrected chi connectivity index (χ0v) is 18.9. The summed E-state index contributed by atoms with van der Waals surface area (Å²) < 4.78 is 5.07. The van der Waals surface area contributed by atoms with Gasteiger partial charge in [0.2, 0.25) is 5.95 Å². The Morgan fingerprint density at radius 3 is 2.59 bits per heavy atom. The fourth-order valence-corrected chi connectivity index (χ4v) is 3.86. The first kappa shape index (κ1) is 21.9. The van der Waals surface area contributed by atoms with Gasteiger partial charge in [0.05, 0.1) is 24.6 Å². The van der Waals surface area contributed by atoms with Crippen LogP contribution in [0.5, 0.6) is 0 Å². The van der Waals surface area contributed by atoms with Crippen molar-refractivity contribution in [3.63, 3.8) is 0 Å². The van der Waals surface area contributed by atoms with Gasteiger partial charge >= 0.3 is 6.03 Å². The third kappa shape index (κ3) is 4.85. The van der Waals surface area contributed by atoms with Crippen LogP contribution in [0, 0.1) is 12.3 Å². The summed E-state index contributed by atoms with van der Waals surface area (Å²) in [6.07, 6.45) is 7.31. The lowest BCUT2D eigenvalue weighted by Gasteiger charge is -2.34. The van der Waals surface area contributed by atoms with Crippen LogP contribution >= 0.6 is 0 Å². The Bertz CT molecular complexity index is 1230. The third-order valence-electron chi connectivity index (χ3n) is 5.93. The normalized spacial score (nSPS) is 16.5. The molecule has 2 aliphatic rings. The first-order chi connectivity index (χ1) is 16.6. The zero-order valence-electron chi connectivity index (χ0n) is 18.9. The number of ether oxygens (including phenoxy) is 1. The molecule has 3 N–H and O–H groups in total. The Balaban J connectivity index is 1.31. The second-order valence-electron chi connectivity index (χ2n) is 8.43. The highest BCUT2D eigenvalue weighted by Crippen LogP contribution is 2.23. The molecule has 174 valence electrons. The van der Waals surface area contributed by atoms with Gasteiger partial charge in [0, 0.05) is 49.3 Å². The molecule has 2 aliphatic heterocycles. The van der Waals surface area contributed by atoms with E-state index in [9.17, 15) is 4.79 Å². The number of pyridine rings is 1. The topological polar surface area (TPSA) is 108 Å². The molecule has 1 aromatic carbocycles. The van der Waals surface area contributed by atoms with Gasteiger partial charge in [-0.3, -0.25) is 5.32 Å². The molecule has 2 saturated heterocycles. The molecule has 10 nitrogen and oxygen atoms in total. The first-order valence-corrected chi connectivity index (χ1v) is 11.2. The Morgan fingerprint density at radius 1 is 1.15 bits per heavy atom. The molecule has 0 spiro atoms. The van der Waals surface area contributed by atoms with E-state index in [1.807, 2.05) is 12.1 Å². The number of piperazine rings is 1. The molecular weight excluding hydrogens is 432 g/mol. The van der Waals surface area contributed by atoms with Crippen molar-refractivity contribution in [2.75, 3.05) is 62.0 Å². The SMILES string of the molecule is C#Cc1cc(NC(=O)NC2COC2)nc2nc(Nc3ccc(N4CCN(C)CC4)cc3)ncc12. The van der Waals surface area contributed by atoms with Crippen LogP contribution in [0.4, 0.5) is 27.9 Å². The Hall–Kier alpha value is -3.94. The van der Waals surface area contributed by atoms with Crippen LogP contribution < -0.4 is 20.9 Å². The molecule has 2 aromatic heterocycles. The van der Waals surface area contributed by atoms with E-state index in [1.165, 1.54) is 5.69 Å². The summed E-state index contributed by atoms with van der Waals surface area (Å²) in [5.41, 5.74) is 3.01. The highest BCUT2D eigenvalue weighted by atomic mass is 16.5. The maximum Gasteiger partial charge on any atom is 0.320 e. The van der Waals surface area contributed by atoms with E-state index >= 15 is 0 Å². The maximum atomic E-state index is 12.2.